The molecule has 2 aromatic rings. The molecule has 0 atom stereocenters. The van der Waals surface area contributed by atoms with E-state index >= 15 is 0 Å². The first kappa shape index (κ1) is 16.9. The molecule has 23 heavy (non-hydrogen) atoms. The summed E-state index contributed by atoms with van der Waals surface area (Å²) in [6.45, 7) is 6.39. The zero-order chi connectivity index (χ0) is 17.0. The van der Waals surface area contributed by atoms with Crippen molar-refractivity contribution in [2.45, 2.75) is 52.6 Å². The first-order chi connectivity index (χ1) is 11.0. The first-order valence-corrected chi connectivity index (χ1v) is 7.95. The van der Waals surface area contributed by atoms with E-state index in [0.29, 0.717) is 17.8 Å². The summed E-state index contributed by atoms with van der Waals surface area (Å²) in [7, 11) is 0. The van der Waals surface area contributed by atoms with Gasteiger partial charge in [-0.05, 0) is 25.3 Å². The Hall–Kier alpha value is -2.44. The third-order valence-electron chi connectivity index (χ3n) is 3.86. The first-order valence-electron chi connectivity index (χ1n) is 7.95. The van der Waals surface area contributed by atoms with Crippen molar-refractivity contribution in [3.05, 3.63) is 38.7 Å². The van der Waals surface area contributed by atoms with Crippen LogP contribution in [0.4, 0.5) is 0 Å². The number of aryl methyl sites for hydroxylation is 1. The van der Waals surface area contributed by atoms with Crippen molar-refractivity contribution < 1.29 is 4.79 Å². The van der Waals surface area contributed by atoms with Crippen LogP contribution in [0.2, 0.25) is 0 Å². The highest BCUT2D eigenvalue weighted by atomic mass is 16.2. The van der Waals surface area contributed by atoms with Gasteiger partial charge in [0.25, 0.3) is 11.5 Å². The maximum Gasteiger partial charge on any atom is 0.329 e. The minimum absolute atomic E-state index is 0.0885. The van der Waals surface area contributed by atoms with Gasteiger partial charge in [0.2, 0.25) is 0 Å². The van der Waals surface area contributed by atoms with Gasteiger partial charge in [-0.25, -0.2) is 9.78 Å². The lowest BCUT2D eigenvalue weighted by atomic mass is 10.1. The molecule has 0 aliphatic carbocycles. The number of hydrogen-bond donors (Lipinski definition) is 2. The van der Waals surface area contributed by atoms with Gasteiger partial charge in [-0.15, -0.1) is 0 Å². The molecule has 2 N–H and O–H groups in total. The number of carbonyl (C=O) groups excluding carboxylic acids is 1. The van der Waals surface area contributed by atoms with Crippen molar-refractivity contribution >= 4 is 16.9 Å². The van der Waals surface area contributed by atoms with E-state index in [1.54, 1.807) is 0 Å². The Morgan fingerprint density at radius 2 is 2.00 bits per heavy atom. The fraction of sp³-hybridized carbons (Fsp3) is 0.500. The Morgan fingerprint density at radius 3 is 2.61 bits per heavy atom. The van der Waals surface area contributed by atoms with Crippen molar-refractivity contribution in [1.29, 1.82) is 0 Å². The SMILES string of the molecule is CCCn1c(=O)[nH]c(=O)c2cc(C(=O)NC(CC)CC)cnc21. The molecule has 0 aromatic carbocycles. The van der Waals surface area contributed by atoms with E-state index in [-0.39, 0.29) is 17.3 Å². The third kappa shape index (κ3) is 3.49. The Bertz CT molecular complexity index is 818. The number of nitrogens with zero attached hydrogens (tertiary/aromatic N) is 2. The van der Waals surface area contributed by atoms with E-state index in [9.17, 15) is 14.4 Å². The lowest BCUT2D eigenvalue weighted by molar-refractivity contribution is 0.0934. The maximum atomic E-state index is 12.3. The van der Waals surface area contributed by atoms with Crippen LogP contribution in [0.15, 0.2) is 21.9 Å². The van der Waals surface area contributed by atoms with Gasteiger partial charge in [0, 0.05) is 18.8 Å². The number of pyridine rings is 1. The molecule has 2 rings (SSSR count). The van der Waals surface area contributed by atoms with E-state index in [4.69, 9.17) is 0 Å². The second-order valence-electron chi connectivity index (χ2n) is 5.49. The van der Waals surface area contributed by atoms with Crippen LogP contribution < -0.4 is 16.6 Å². The summed E-state index contributed by atoms with van der Waals surface area (Å²) in [6.07, 6.45) is 3.81. The molecule has 0 aliphatic heterocycles. The summed E-state index contributed by atoms with van der Waals surface area (Å²) < 4.78 is 1.42. The zero-order valence-electron chi connectivity index (χ0n) is 13.7. The van der Waals surface area contributed by atoms with Crippen LogP contribution in [0.1, 0.15) is 50.4 Å². The van der Waals surface area contributed by atoms with Gasteiger partial charge >= 0.3 is 5.69 Å². The van der Waals surface area contributed by atoms with Gasteiger partial charge in [-0.1, -0.05) is 20.8 Å². The standard InChI is InChI=1S/C16H22N4O3/c1-4-7-20-13-12(15(22)19-16(20)23)8-10(9-17-13)14(21)18-11(5-2)6-3/h8-9,11H,4-7H2,1-3H3,(H,18,21)(H,19,22,23). The molecule has 7 heteroatoms. The van der Waals surface area contributed by atoms with Crippen LogP contribution in [0.25, 0.3) is 11.0 Å². The summed E-state index contributed by atoms with van der Waals surface area (Å²) >= 11 is 0. The van der Waals surface area contributed by atoms with Gasteiger partial charge in [0.05, 0.1) is 10.9 Å². The summed E-state index contributed by atoms with van der Waals surface area (Å²) in [5, 5.41) is 3.15. The molecule has 7 nitrogen and oxygen atoms in total. The molecule has 2 heterocycles. The Balaban J connectivity index is 2.49. The molecule has 124 valence electrons. The van der Waals surface area contributed by atoms with E-state index in [1.807, 2.05) is 20.8 Å². The lowest BCUT2D eigenvalue weighted by Crippen LogP contribution is -2.34. The second-order valence-corrected chi connectivity index (χ2v) is 5.49. The van der Waals surface area contributed by atoms with Crippen LogP contribution in [-0.4, -0.2) is 26.5 Å². The summed E-state index contributed by atoms with van der Waals surface area (Å²) in [4.78, 5) is 42.6. The summed E-state index contributed by atoms with van der Waals surface area (Å²) in [5.74, 6) is -0.263. The Kier molecular flexibility index (Phi) is 5.31. The highest BCUT2D eigenvalue weighted by Crippen LogP contribution is 2.09. The largest absolute Gasteiger partial charge is 0.349 e. The highest BCUT2D eigenvalue weighted by Gasteiger charge is 2.14. The van der Waals surface area contributed by atoms with Crippen LogP contribution in [0.3, 0.4) is 0 Å². The van der Waals surface area contributed by atoms with Crippen molar-refractivity contribution in [2.75, 3.05) is 0 Å². The fourth-order valence-electron chi connectivity index (χ4n) is 2.48. The number of aromatic nitrogens is 3. The lowest BCUT2D eigenvalue weighted by Gasteiger charge is -2.15. The van der Waals surface area contributed by atoms with Gasteiger partial charge in [0.1, 0.15) is 5.65 Å². The monoisotopic (exact) mass is 318 g/mol. The van der Waals surface area contributed by atoms with Crippen LogP contribution >= 0.6 is 0 Å². The van der Waals surface area contributed by atoms with Gasteiger partial charge in [-0.2, -0.15) is 0 Å². The van der Waals surface area contributed by atoms with E-state index in [2.05, 4.69) is 15.3 Å². The number of amides is 1. The molecule has 0 aliphatic rings. The molecule has 1 amide bonds. The number of rotatable bonds is 6. The van der Waals surface area contributed by atoms with Crippen molar-refractivity contribution in [3.63, 3.8) is 0 Å². The molecule has 0 saturated carbocycles. The van der Waals surface area contributed by atoms with Crippen molar-refractivity contribution in [1.82, 2.24) is 19.9 Å². The topological polar surface area (TPSA) is 96.9 Å². The van der Waals surface area contributed by atoms with Crippen LogP contribution in [-0.2, 0) is 6.54 Å². The predicted molar refractivity (Wildman–Crippen MR) is 88.8 cm³/mol. The van der Waals surface area contributed by atoms with Gasteiger partial charge in [0.15, 0.2) is 0 Å². The molecule has 0 saturated heterocycles. The molecule has 0 radical (unpaired) electrons. The molecule has 0 unspecified atom stereocenters. The number of fused-ring (bicyclic) bond motifs is 1. The van der Waals surface area contributed by atoms with Gasteiger partial charge in [-0.3, -0.25) is 19.1 Å². The highest BCUT2D eigenvalue weighted by molar-refractivity contribution is 5.96. The van der Waals surface area contributed by atoms with E-state index < -0.39 is 11.2 Å². The average molecular weight is 318 g/mol. The van der Waals surface area contributed by atoms with Crippen molar-refractivity contribution in [3.8, 4) is 0 Å². The molecule has 0 bridgehead atoms. The predicted octanol–water partition coefficient (Wildman–Crippen LogP) is 1.41. The van der Waals surface area contributed by atoms with Crippen LogP contribution in [0.5, 0.6) is 0 Å². The van der Waals surface area contributed by atoms with E-state index in [1.165, 1.54) is 16.8 Å². The Morgan fingerprint density at radius 1 is 1.30 bits per heavy atom. The summed E-state index contributed by atoms with van der Waals surface area (Å²) in [6, 6.07) is 1.58. The normalized spacial score (nSPS) is 11.1. The Labute approximate surface area is 133 Å². The molecular formula is C16H22N4O3. The molecular weight excluding hydrogens is 296 g/mol. The zero-order valence-corrected chi connectivity index (χ0v) is 13.7. The molecule has 0 spiro atoms. The van der Waals surface area contributed by atoms with E-state index in [0.717, 1.165) is 19.3 Å². The minimum Gasteiger partial charge on any atom is -0.349 e. The smallest absolute Gasteiger partial charge is 0.329 e. The number of carbonyl (C=O) groups is 1. The van der Waals surface area contributed by atoms with Gasteiger partial charge < -0.3 is 5.32 Å². The second kappa shape index (κ2) is 7.21. The van der Waals surface area contributed by atoms with Crippen molar-refractivity contribution in [2.24, 2.45) is 0 Å². The summed E-state index contributed by atoms with van der Waals surface area (Å²) in [5.41, 5.74) is -0.385. The fourth-order valence-corrected chi connectivity index (χ4v) is 2.48. The number of nitrogens with one attached hydrogen (secondary N) is 2. The molecule has 0 fully saturated rings. The van der Waals surface area contributed by atoms with Crippen LogP contribution in [0, 0.1) is 0 Å². The maximum absolute atomic E-state index is 12.3. The third-order valence-corrected chi connectivity index (χ3v) is 3.86. The quantitative estimate of drug-likeness (QED) is 0.841. The minimum atomic E-state index is -0.526. The molecule has 2 aromatic heterocycles. The number of hydrogen-bond acceptors (Lipinski definition) is 4. The number of aromatic amines is 1. The number of H-pyrrole nitrogens is 1. The average Bonchev–Trinajstić information content (AvgIpc) is 2.55.